The van der Waals surface area contributed by atoms with E-state index in [1.54, 1.807) is 0 Å². The average molecular weight is 823 g/mol. The SMILES string of the molecule is O=C(O)CCCCCCCCO[C@@H]1OC(CO)[C@@H](O)[C@H](O)C1O[C@H]1OC(CO)[C@@H](O)[C@H](O)C1O[C@H]1OC(CO)[C@@H](O)[C@H](O)C1O[C@H]1OC(CO)[C@@H](O)[C@H](O)C1O. The molecule has 4 aliphatic heterocycles. The summed E-state index contributed by atoms with van der Waals surface area (Å²) < 4.78 is 45.8. The fourth-order valence-corrected chi connectivity index (χ4v) is 6.89. The summed E-state index contributed by atoms with van der Waals surface area (Å²) >= 11 is 0. The van der Waals surface area contributed by atoms with Crippen molar-refractivity contribution in [3.05, 3.63) is 0 Å². The van der Waals surface area contributed by atoms with Crippen molar-refractivity contribution in [2.75, 3.05) is 33.0 Å². The minimum atomic E-state index is -2.02. The lowest BCUT2D eigenvalue weighted by atomic mass is 9.96. The second-order valence-electron chi connectivity index (χ2n) is 14.3. The molecule has 4 heterocycles. The lowest BCUT2D eigenvalue weighted by molar-refractivity contribution is -0.406. The van der Waals surface area contributed by atoms with Crippen LogP contribution < -0.4 is 0 Å². The Morgan fingerprint density at radius 2 is 0.750 bits per heavy atom. The highest BCUT2D eigenvalue weighted by Crippen LogP contribution is 2.35. The first kappa shape index (κ1) is 47.3. The summed E-state index contributed by atoms with van der Waals surface area (Å²) in [5.74, 6) is -0.869. The van der Waals surface area contributed by atoms with E-state index in [9.17, 15) is 71.2 Å². The minimum absolute atomic E-state index is 0.0301. The van der Waals surface area contributed by atoms with Gasteiger partial charge in [0.2, 0.25) is 0 Å². The van der Waals surface area contributed by atoms with Gasteiger partial charge < -0.3 is 109 Å². The van der Waals surface area contributed by atoms with Crippen LogP contribution in [0.15, 0.2) is 0 Å². The number of carboxylic acid groups (broad SMARTS) is 1. The smallest absolute Gasteiger partial charge is 0.303 e. The molecule has 0 aliphatic carbocycles. The van der Waals surface area contributed by atoms with Gasteiger partial charge in [-0.15, -0.1) is 0 Å². The third-order valence-corrected chi connectivity index (χ3v) is 10.3. The first-order chi connectivity index (χ1) is 26.7. The van der Waals surface area contributed by atoms with Gasteiger partial charge in [0.15, 0.2) is 25.2 Å². The van der Waals surface area contributed by atoms with Crippen LogP contribution in [0.25, 0.3) is 0 Å². The molecule has 4 rings (SSSR count). The Hall–Kier alpha value is -1.37. The van der Waals surface area contributed by atoms with Gasteiger partial charge in [0, 0.05) is 13.0 Å². The molecule has 0 radical (unpaired) electrons. The summed E-state index contributed by atoms with van der Waals surface area (Å²) in [6.07, 6.45) is -31.7. The van der Waals surface area contributed by atoms with E-state index in [0.717, 1.165) is 19.3 Å². The third-order valence-electron chi connectivity index (χ3n) is 10.3. The third kappa shape index (κ3) is 11.5. The summed E-state index contributed by atoms with van der Waals surface area (Å²) in [4.78, 5) is 10.7. The van der Waals surface area contributed by atoms with Crippen LogP contribution >= 0.6 is 0 Å². The number of hydrogen-bond donors (Lipinski definition) is 14. The summed E-state index contributed by atoms with van der Waals surface area (Å²) in [6.45, 7) is -3.32. The van der Waals surface area contributed by atoms with Gasteiger partial charge in [-0.2, -0.15) is 0 Å². The maximum Gasteiger partial charge on any atom is 0.303 e. The van der Waals surface area contributed by atoms with Gasteiger partial charge in [-0.25, -0.2) is 0 Å². The highest BCUT2D eigenvalue weighted by atomic mass is 16.8. The summed E-state index contributed by atoms with van der Waals surface area (Å²) in [5.41, 5.74) is 0. The zero-order chi connectivity index (χ0) is 41.3. The second-order valence-corrected chi connectivity index (χ2v) is 14.3. The molecular formula is C33H58O23. The van der Waals surface area contributed by atoms with Crippen molar-refractivity contribution < 1.29 is 114 Å². The van der Waals surface area contributed by atoms with E-state index in [1.165, 1.54) is 0 Å². The van der Waals surface area contributed by atoms with E-state index in [2.05, 4.69) is 0 Å². The average Bonchev–Trinajstić information content (AvgIpc) is 3.18. The largest absolute Gasteiger partial charge is 0.481 e. The van der Waals surface area contributed by atoms with E-state index in [1.807, 2.05) is 0 Å². The Balaban J connectivity index is 1.54. The van der Waals surface area contributed by atoms with Crippen LogP contribution in [0.4, 0.5) is 0 Å². The van der Waals surface area contributed by atoms with Crippen molar-refractivity contribution in [2.45, 2.75) is 168 Å². The highest BCUT2D eigenvalue weighted by Gasteiger charge is 2.56. The Morgan fingerprint density at radius 1 is 0.411 bits per heavy atom. The molecule has 0 amide bonds. The minimum Gasteiger partial charge on any atom is -0.481 e. The first-order valence-corrected chi connectivity index (χ1v) is 18.7. The number of aliphatic carboxylic acids is 1. The van der Waals surface area contributed by atoms with E-state index >= 15 is 0 Å². The van der Waals surface area contributed by atoms with Crippen molar-refractivity contribution in [3.63, 3.8) is 0 Å². The highest BCUT2D eigenvalue weighted by molar-refractivity contribution is 5.66. The molecule has 23 heteroatoms. The molecule has 8 unspecified atom stereocenters. The Bertz CT molecular complexity index is 1150. The van der Waals surface area contributed by atoms with Gasteiger partial charge in [0.1, 0.15) is 97.7 Å². The number of aliphatic hydroxyl groups is 13. The maximum atomic E-state index is 11.3. The standard InChI is InChI=1S/C33H58O23/c34-9-13-18(40)22(44)26(48)30(50-13)54-28-24(46)20(42)15(11-36)52-32(28)56-29-25(47)21(43)16(12-37)53-33(29)55-27-23(45)19(41)14(10-35)51-31(27)49-8-6-4-2-1-3-5-7-17(38)39/h13-16,18-37,40-48H,1-12H2,(H,38,39)/t13?,14?,15?,16?,18-,19-,20-,21-,22+,23+,24+,25+,26?,27?,28?,29?,30-,31-,32-,33-/m1/s1. The zero-order valence-corrected chi connectivity index (χ0v) is 30.5. The molecule has 4 fully saturated rings. The van der Waals surface area contributed by atoms with Crippen LogP contribution in [0, 0.1) is 0 Å². The number of rotatable bonds is 20. The monoisotopic (exact) mass is 822 g/mol. The van der Waals surface area contributed by atoms with Crippen molar-refractivity contribution in [2.24, 2.45) is 0 Å². The molecule has 328 valence electrons. The molecule has 20 atom stereocenters. The normalized spacial score (nSPS) is 44.8. The number of carbonyl (C=O) groups is 1. The molecular weight excluding hydrogens is 764 g/mol. The first-order valence-electron chi connectivity index (χ1n) is 18.7. The lowest BCUT2D eigenvalue weighted by Gasteiger charge is -2.49. The van der Waals surface area contributed by atoms with Crippen molar-refractivity contribution in [1.29, 1.82) is 0 Å². The van der Waals surface area contributed by atoms with E-state index < -0.39 is 155 Å². The van der Waals surface area contributed by atoms with Crippen LogP contribution in [-0.4, -0.2) is 233 Å². The van der Waals surface area contributed by atoms with E-state index in [4.69, 9.17) is 43.0 Å². The molecule has 14 N–H and O–H groups in total. The van der Waals surface area contributed by atoms with Crippen LogP contribution in [0.1, 0.15) is 44.9 Å². The van der Waals surface area contributed by atoms with Gasteiger partial charge in [-0.3, -0.25) is 4.79 Å². The number of aliphatic hydroxyl groups excluding tert-OH is 13. The van der Waals surface area contributed by atoms with Gasteiger partial charge >= 0.3 is 5.97 Å². The summed E-state index contributed by atoms with van der Waals surface area (Å²) in [6, 6.07) is 0. The maximum absolute atomic E-state index is 11.3. The second kappa shape index (κ2) is 22.3. The van der Waals surface area contributed by atoms with Crippen LogP contribution in [-0.2, 0) is 42.7 Å². The van der Waals surface area contributed by atoms with Crippen molar-refractivity contribution in [1.82, 2.24) is 0 Å². The fourth-order valence-electron chi connectivity index (χ4n) is 6.89. The molecule has 0 aromatic heterocycles. The van der Waals surface area contributed by atoms with Crippen LogP contribution in [0.3, 0.4) is 0 Å². The number of carboxylic acids is 1. The Morgan fingerprint density at radius 3 is 1.18 bits per heavy atom. The molecule has 0 aromatic carbocycles. The van der Waals surface area contributed by atoms with Crippen molar-refractivity contribution >= 4 is 5.97 Å². The zero-order valence-electron chi connectivity index (χ0n) is 30.5. The number of ether oxygens (including phenoxy) is 8. The van der Waals surface area contributed by atoms with Crippen LogP contribution in [0.2, 0.25) is 0 Å². The quantitative estimate of drug-likeness (QED) is 0.0507. The van der Waals surface area contributed by atoms with Gasteiger partial charge in [-0.1, -0.05) is 25.7 Å². The predicted octanol–water partition coefficient (Wildman–Crippen LogP) is -6.91. The fraction of sp³-hybridized carbons (Fsp3) is 0.970. The van der Waals surface area contributed by atoms with Gasteiger partial charge in [0.05, 0.1) is 26.4 Å². The number of hydrogen-bond acceptors (Lipinski definition) is 22. The van der Waals surface area contributed by atoms with E-state index in [-0.39, 0.29) is 13.0 Å². The van der Waals surface area contributed by atoms with Crippen molar-refractivity contribution in [3.8, 4) is 0 Å². The molecule has 23 nitrogen and oxygen atoms in total. The van der Waals surface area contributed by atoms with Gasteiger partial charge in [-0.05, 0) is 12.8 Å². The summed E-state index contributed by atoms with van der Waals surface area (Å²) in [5, 5.41) is 145. The lowest BCUT2D eigenvalue weighted by Crippen LogP contribution is -2.68. The molecule has 4 saturated heterocycles. The molecule has 0 spiro atoms. The molecule has 0 bridgehead atoms. The topological polar surface area (TPSA) is 374 Å². The molecule has 4 aliphatic rings. The Labute approximate surface area is 321 Å². The molecule has 0 aromatic rings. The predicted molar refractivity (Wildman–Crippen MR) is 178 cm³/mol. The summed E-state index contributed by atoms with van der Waals surface area (Å²) in [7, 11) is 0. The van der Waals surface area contributed by atoms with Crippen LogP contribution in [0.5, 0.6) is 0 Å². The molecule has 0 saturated carbocycles. The van der Waals surface area contributed by atoms with E-state index in [0.29, 0.717) is 19.3 Å². The molecule has 56 heavy (non-hydrogen) atoms. The number of unbranched alkanes of at least 4 members (excludes halogenated alkanes) is 5. The Kier molecular flexibility index (Phi) is 18.8. The van der Waals surface area contributed by atoms with Gasteiger partial charge in [0.25, 0.3) is 0 Å².